The number of hydrogen-bond donors (Lipinski definition) is 2. The third-order valence-corrected chi connectivity index (χ3v) is 2.58. The van der Waals surface area contributed by atoms with Gasteiger partial charge in [-0.2, -0.15) is 13.9 Å². The third kappa shape index (κ3) is 3.88. The molecule has 3 N–H and O–H groups in total. The molecule has 0 aliphatic heterocycles. The van der Waals surface area contributed by atoms with Crippen molar-refractivity contribution in [3.8, 4) is 5.88 Å². The Morgan fingerprint density at radius 3 is 2.64 bits per heavy atom. The number of ether oxygens (including phenoxy) is 1. The summed E-state index contributed by atoms with van der Waals surface area (Å²) in [5.41, 5.74) is 4.99. The van der Waals surface area contributed by atoms with Gasteiger partial charge in [0.15, 0.2) is 11.6 Å². The Morgan fingerprint density at radius 1 is 1.36 bits per heavy atom. The summed E-state index contributed by atoms with van der Waals surface area (Å²) in [7, 11) is 0. The quantitative estimate of drug-likeness (QED) is 0.499. The predicted octanol–water partition coefficient (Wildman–Crippen LogP) is 2.52. The lowest BCUT2D eigenvalue weighted by molar-refractivity contribution is -0.0556. The molecule has 2 rings (SSSR count). The van der Waals surface area contributed by atoms with E-state index in [9.17, 15) is 17.6 Å². The number of amidine groups is 1. The summed E-state index contributed by atoms with van der Waals surface area (Å²) in [4.78, 5) is 0. The van der Waals surface area contributed by atoms with Crippen LogP contribution >= 0.6 is 12.4 Å². The van der Waals surface area contributed by atoms with Gasteiger partial charge in [0.05, 0.1) is 6.54 Å². The Bertz CT molecular complexity index is 677. The molecule has 0 unspecified atom stereocenters. The highest BCUT2D eigenvalue weighted by Crippen LogP contribution is 2.20. The van der Waals surface area contributed by atoms with Crippen LogP contribution in [0.15, 0.2) is 24.3 Å². The van der Waals surface area contributed by atoms with E-state index in [1.54, 1.807) is 0 Å². The van der Waals surface area contributed by atoms with Crippen LogP contribution in [0.1, 0.15) is 11.3 Å². The molecule has 10 heteroatoms. The number of nitrogens with one attached hydrogen (secondary N) is 1. The maximum Gasteiger partial charge on any atom is 0.388 e. The first-order valence-electron chi connectivity index (χ1n) is 5.68. The molecule has 2 aromatic rings. The molecule has 22 heavy (non-hydrogen) atoms. The summed E-state index contributed by atoms with van der Waals surface area (Å²) < 4.78 is 56.4. The van der Waals surface area contributed by atoms with Crippen LogP contribution in [0.4, 0.5) is 17.6 Å². The zero-order chi connectivity index (χ0) is 15.6. The van der Waals surface area contributed by atoms with E-state index in [1.165, 1.54) is 12.1 Å². The van der Waals surface area contributed by atoms with E-state index < -0.39 is 30.0 Å². The van der Waals surface area contributed by atoms with Gasteiger partial charge >= 0.3 is 6.61 Å². The molecular formula is C12H11ClF4N4O. The number of nitrogen functional groups attached to an aromatic ring is 1. The van der Waals surface area contributed by atoms with Crippen molar-refractivity contribution < 1.29 is 22.3 Å². The molecule has 0 saturated carbocycles. The van der Waals surface area contributed by atoms with Crippen molar-refractivity contribution in [2.24, 2.45) is 5.73 Å². The van der Waals surface area contributed by atoms with Crippen molar-refractivity contribution in [3.05, 3.63) is 47.2 Å². The molecule has 0 bridgehead atoms. The lowest BCUT2D eigenvalue weighted by atomic mass is 10.2. The summed E-state index contributed by atoms with van der Waals surface area (Å²) in [6.07, 6.45) is 0. The molecule has 0 aliphatic carbocycles. The second-order valence-corrected chi connectivity index (χ2v) is 4.03. The van der Waals surface area contributed by atoms with Crippen LogP contribution in [-0.4, -0.2) is 22.2 Å². The van der Waals surface area contributed by atoms with E-state index in [0.717, 1.165) is 16.8 Å². The fourth-order valence-corrected chi connectivity index (χ4v) is 1.66. The summed E-state index contributed by atoms with van der Waals surface area (Å²) in [5.74, 6) is -3.05. The topological polar surface area (TPSA) is 76.9 Å². The van der Waals surface area contributed by atoms with Gasteiger partial charge in [0.25, 0.3) is 0 Å². The molecule has 5 nitrogen and oxygen atoms in total. The van der Waals surface area contributed by atoms with E-state index in [0.29, 0.717) is 0 Å². The highest BCUT2D eigenvalue weighted by atomic mass is 35.5. The van der Waals surface area contributed by atoms with E-state index in [4.69, 9.17) is 11.1 Å². The Kier molecular flexibility index (Phi) is 5.75. The number of nitrogens with zero attached hydrogens (tertiary/aromatic N) is 2. The largest absolute Gasteiger partial charge is 0.417 e. The van der Waals surface area contributed by atoms with Crippen LogP contribution in [0.2, 0.25) is 0 Å². The number of benzene rings is 1. The van der Waals surface area contributed by atoms with Crippen molar-refractivity contribution in [2.75, 3.05) is 0 Å². The lowest BCUT2D eigenvalue weighted by Crippen LogP contribution is -2.14. The Balaban J connectivity index is 0.00000242. The highest BCUT2D eigenvalue weighted by Gasteiger charge is 2.17. The fourth-order valence-electron chi connectivity index (χ4n) is 1.66. The monoisotopic (exact) mass is 338 g/mol. The van der Waals surface area contributed by atoms with Crippen molar-refractivity contribution in [1.82, 2.24) is 9.78 Å². The minimum Gasteiger partial charge on any atom is -0.417 e. The van der Waals surface area contributed by atoms with Crippen molar-refractivity contribution in [1.29, 1.82) is 5.41 Å². The first-order valence-corrected chi connectivity index (χ1v) is 5.68. The Labute approximate surface area is 128 Å². The molecule has 120 valence electrons. The highest BCUT2D eigenvalue weighted by molar-refractivity contribution is 5.93. The maximum atomic E-state index is 13.6. The number of aromatic nitrogens is 2. The van der Waals surface area contributed by atoms with Gasteiger partial charge in [0.2, 0.25) is 5.88 Å². The van der Waals surface area contributed by atoms with Gasteiger partial charge < -0.3 is 10.5 Å². The molecule has 0 aliphatic rings. The zero-order valence-electron chi connectivity index (χ0n) is 10.9. The number of halogens is 5. The van der Waals surface area contributed by atoms with Gasteiger partial charge in [-0.25, -0.2) is 13.5 Å². The summed E-state index contributed by atoms with van der Waals surface area (Å²) in [6.45, 7) is -3.48. The minimum atomic E-state index is -3.13. The molecular weight excluding hydrogens is 328 g/mol. The predicted molar refractivity (Wildman–Crippen MR) is 72.6 cm³/mol. The maximum absolute atomic E-state index is 13.6. The first kappa shape index (κ1) is 17.8. The van der Waals surface area contributed by atoms with Crippen molar-refractivity contribution in [3.63, 3.8) is 0 Å². The van der Waals surface area contributed by atoms with E-state index >= 15 is 0 Å². The average molecular weight is 339 g/mol. The first-order chi connectivity index (χ1) is 9.88. The van der Waals surface area contributed by atoms with Gasteiger partial charge in [0, 0.05) is 11.6 Å². The Hall–Kier alpha value is -2.29. The summed E-state index contributed by atoms with van der Waals surface area (Å²) >= 11 is 0. The number of nitrogens with two attached hydrogens (primary N) is 1. The number of alkyl halides is 2. The Morgan fingerprint density at radius 2 is 2.05 bits per heavy atom. The van der Waals surface area contributed by atoms with Gasteiger partial charge in [-0.15, -0.1) is 12.4 Å². The van der Waals surface area contributed by atoms with Crippen LogP contribution in [0.5, 0.6) is 5.88 Å². The van der Waals surface area contributed by atoms with Crippen molar-refractivity contribution >= 4 is 18.2 Å². The molecule has 0 spiro atoms. The second-order valence-electron chi connectivity index (χ2n) is 4.03. The van der Waals surface area contributed by atoms with E-state index in [2.05, 4.69) is 9.84 Å². The van der Waals surface area contributed by atoms with E-state index in [-0.39, 0.29) is 30.2 Å². The third-order valence-electron chi connectivity index (χ3n) is 2.58. The summed E-state index contributed by atoms with van der Waals surface area (Å²) in [6, 6.07) is 4.50. The van der Waals surface area contributed by atoms with E-state index in [1.807, 2.05) is 0 Å². The smallest absolute Gasteiger partial charge is 0.388 e. The SMILES string of the molecule is Cl.N=C(N)c1cc(OC(F)F)n(Cc2cccc(F)c2F)n1. The number of rotatable bonds is 5. The second kappa shape index (κ2) is 7.12. The molecule has 0 fully saturated rings. The minimum absolute atomic E-state index is 0. The van der Waals surface area contributed by atoms with Gasteiger partial charge in [-0.05, 0) is 6.07 Å². The molecule has 0 atom stereocenters. The summed E-state index contributed by atoms with van der Waals surface area (Å²) in [5, 5.41) is 11.0. The normalized spacial score (nSPS) is 10.4. The van der Waals surface area contributed by atoms with Crippen LogP contribution in [-0.2, 0) is 6.54 Å². The average Bonchev–Trinajstić information content (AvgIpc) is 2.77. The van der Waals surface area contributed by atoms with Crippen LogP contribution in [0.3, 0.4) is 0 Å². The van der Waals surface area contributed by atoms with Crippen LogP contribution in [0, 0.1) is 17.0 Å². The number of hydrogen-bond acceptors (Lipinski definition) is 3. The molecule has 1 aromatic carbocycles. The van der Waals surface area contributed by atoms with Crippen LogP contribution in [0.25, 0.3) is 0 Å². The van der Waals surface area contributed by atoms with Gasteiger partial charge in [-0.1, -0.05) is 12.1 Å². The molecule has 0 saturated heterocycles. The molecule has 1 heterocycles. The molecule has 0 amide bonds. The van der Waals surface area contributed by atoms with Crippen molar-refractivity contribution in [2.45, 2.75) is 13.2 Å². The van der Waals surface area contributed by atoms with Gasteiger partial charge in [0.1, 0.15) is 11.5 Å². The van der Waals surface area contributed by atoms with Crippen LogP contribution < -0.4 is 10.5 Å². The molecule has 0 radical (unpaired) electrons. The zero-order valence-corrected chi connectivity index (χ0v) is 11.7. The van der Waals surface area contributed by atoms with Gasteiger partial charge in [-0.3, -0.25) is 5.41 Å². The molecule has 1 aromatic heterocycles. The fraction of sp³-hybridized carbons (Fsp3) is 0.167. The lowest BCUT2D eigenvalue weighted by Gasteiger charge is -2.09. The standard InChI is InChI=1S/C12H10F4N4O.ClH/c13-7-3-1-2-6(10(7)14)5-20-9(21-12(15)16)4-8(19-20)11(17)18;/h1-4,12H,5H2,(H3,17,18);1H.